The molecule has 3 rings (SSSR count). The first kappa shape index (κ1) is 16.6. The molecule has 126 valence electrons. The van der Waals surface area contributed by atoms with Gasteiger partial charge in [0.05, 0.1) is 19.4 Å². The number of rotatable bonds is 6. The number of ether oxygens (including phenoxy) is 2. The van der Waals surface area contributed by atoms with Crippen LogP contribution in [0.25, 0.3) is 16.9 Å². The van der Waals surface area contributed by atoms with Crippen LogP contribution >= 0.6 is 0 Å². The van der Waals surface area contributed by atoms with Crippen molar-refractivity contribution in [2.24, 2.45) is 0 Å². The van der Waals surface area contributed by atoms with E-state index in [1.807, 2.05) is 35.9 Å². The molecule has 0 spiro atoms. The molecule has 0 bridgehead atoms. The van der Waals surface area contributed by atoms with Crippen molar-refractivity contribution in [3.8, 4) is 22.9 Å². The van der Waals surface area contributed by atoms with E-state index < -0.39 is 11.2 Å². The summed E-state index contributed by atoms with van der Waals surface area (Å²) in [6.07, 6.45) is 7.95. The predicted molar refractivity (Wildman–Crippen MR) is 93.1 cm³/mol. The van der Waals surface area contributed by atoms with Crippen molar-refractivity contribution in [3.63, 3.8) is 0 Å². The van der Waals surface area contributed by atoms with Crippen molar-refractivity contribution in [2.75, 3.05) is 20.0 Å². The summed E-state index contributed by atoms with van der Waals surface area (Å²) in [6, 6.07) is 5.48. The maximum Gasteiger partial charge on any atom is 0.258 e. The Morgan fingerprint density at radius 2 is 2.17 bits per heavy atom. The second-order valence-electron chi connectivity index (χ2n) is 5.25. The summed E-state index contributed by atoms with van der Waals surface area (Å²) in [6.45, 7) is 2.64. The molecule has 1 aromatic carbocycles. The van der Waals surface area contributed by atoms with Gasteiger partial charge in [-0.05, 0) is 29.7 Å². The van der Waals surface area contributed by atoms with Crippen LogP contribution in [-0.4, -0.2) is 38.9 Å². The Balaban J connectivity index is 2.06. The van der Waals surface area contributed by atoms with Crippen LogP contribution in [0.2, 0.25) is 0 Å². The Bertz CT molecular complexity index is 848. The molecule has 6 nitrogen and oxygen atoms in total. The Morgan fingerprint density at radius 1 is 1.33 bits per heavy atom. The third-order valence-electron chi connectivity index (χ3n) is 3.57. The lowest BCUT2D eigenvalue weighted by Crippen LogP contribution is -1.99. The zero-order valence-corrected chi connectivity index (χ0v) is 14.7. The number of aromatic nitrogens is 3. The molecule has 24 heavy (non-hydrogen) atoms. The lowest BCUT2D eigenvalue weighted by molar-refractivity contribution is 0.307. The monoisotopic (exact) mass is 345 g/mol. The van der Waals surface area contributed by atoms with E-state index in [-0.39, 0.29) is 0 Å². The number of fused-ring (bicyclic) bond motifs is 1. The van der Waals surface area contributed by atoms with Gasteiger partial charge in [-0.25, -0.2) is 9.97 Å². The SMILES string of the molecule is CCCOc1nccn2cc(-c3ccc([S+](C)[O-])cc3OC)nc12. The average Bonchev–Trinajstić information content (AvgIpc) is 3.03. The smallest absolute Gasteiger partial charge is 0.258 e. The summed E-state index contributed by atoms with van der Waals surface area (Å²) in [5.41, 5.74) is 2.23. The van der Waals surface area contributed by atoms with Crippen LogP contribution < -0.4 is 9.47 Å². The van der Waals surface area contributed by atoms with Gasteiger partial charge in [-0.1, -0.05) is 6.92 Å². The van der Waals surface area contributed by atoms with Crippen molar-refractivity contribution in [2.45, 2.75) is 18.2 Å². The Morgan fingerprint density at radius 3 is 2.88 bits per heavy atom. The van der Waals surface area contributed by atoms with Crippen LogP contribution in [-0.2, 0) is 11.2 Å². The molecule has 0 radical (unpaired) electrons. The Kier molecular flexibility index (Phi) is 4.92. The van der Waals surface area contributed by atoms with E-state index in [4.69, 9.17) is 9.47 Å². The first-order chi connectivity index (χ1) is 11.6. The van der Waals surface area contributed by atoms with Gasteiger partial charge in [-0.2, -0.15) is 0 Å². The molecule has 7 heteroatoms. The van der Waals surface area contributed by atoms with Crippen LogP contribution in [0, 0.1) is 0 Å². The molecule has 1 unspecified atom stereocenters. The predicted octanol–water partition coefficient (Wildman–Crippen LogP) is 2.93. The van der Waals surface area contributed by atoms with E-state index in [0.717, 1.165) is 17.7 Å². The molecule has 0 N–H and O–H groups in total. The molecule has 3 aromatic rings. The maximum absolute atomic E-state index is 11.7. The third-order valence-corrected chi connectivity index (χ3v) is 4.48. The van der Waals surface area contributed by atoms with Gasteiger partial charge in [0.15, 0.2) is 4.90 Å². The van der Waals surface area contributed by atoms with Crippen molar-refractivity contribution >= 4 is 16.8 Å². The summed E-state index contributed by atoms with van der Waals surface area (Å²) in [4.78, 5) is 9.61. The van der Waals surface area contributed by atoms with Crippen LogP contribution in [0.5, 0.6) is 11.6 Å². The largest absolute Gasteiger partial charge is 0.612 e. The van der Waals surface area contributed by atoms with Crippen LogP contribution in [0.15, 0.2) is 41.7 Å². The van der Waals surface area contributed by atoms with Gasteiger partial charge >= 0.3 is 0 Å². The van der Waals surface area contributed by atoms with Crippen molar-refractivity contribution in [1.29, 1.82) is 0 Å². The minimum absolute atomic E-state index is 0.510. The van der Waals surface area contributed by atoms with E-state index in [0.29, 0.717) is 28.8 Å². The van der Waals surface area contributed by atoms with Crippen molar-refractivity contribution < 1.29 is 14.0 Å². The molecule has 0 amide bonds. The highest BCUT2D eigenvalue weighted by molar-refractivity contribution is 7.90. The number of nitrogens with zero attached hydrogens (tertiary/aromatic N) is 3. The topological polar surface area (TPSA) is 71.7 Å². The maximum atomic E-state index is 11.7. The standard InChI is InChI=1S/C17H19N3O3S/c1-4-9-23-17-16-19-14(11-20(16)8-7-18-17)13-6-5-12(24(3)21)10-15(13)22-2/h5-8,10-11H,4,9H2,1-3H3. The quantitative estimate of drug-likeness (QED) is 0.642. The molecule has 0 fully saturated rings. The molecule has 2 heterocycles. The highest BCUT2D eigenvalue weighted by Crippen LogP contribution is 2.32. The first-order valence-corrected chi connectivity index (χ1v) is 9.18. The van der Waals surface area contributed by atoms with Gasteiger partial charge in [-0.3, -0.25) is 0 Å². The number of hydrogen-bond acceptors (Lipinski definition) is 5. The number of imidazole rings is 1. The molecule has 1 atom stereocenters. The number of benzene rings is 1. The molecule has 2 aromatic heterocycles. The van der Waals surface area contributed by atoms with Crippen molar-refractivity contribution in [1.82, 2.24) is 14.4 Å². The van der Waals surface area contributed by atoms with Gasteiger partial charge in [0, 0.05) is 30.2 Å². The van der Waals surface area contributed by atoms with Gasteiger partial charge in [-0.15, -0.1) is 0 Å². The van der Waals surface area contributed by atoms with Gasteiger partial charge in [0.25, 0.3) is 5.88 Å². The summed E-state index contributed by atoms with van der Waals surface area (Å²) < 4.78 is 24.6. The van der Waals surface area contributed by atoms with E-state index in [1.54, 1.807) is 25.6 Å². The molecular formula is C17H19N3O3S. The van der Waals surface area contributed by atoms with E-state index in [1.165, 1.54) is 0 Å². The Hall–Kier alpha value is -2.25. The lowest BCUT2D eigenvalue weighted by atomic mass is 10.1. The van der Waals surface area contributed by atoms with E-state index in [2.05, 4.69) is 9.97 Å². The fraction of sp³-hybridized carbons (Fsp3) is 0.294. The summed E-state index contributed by atoms with van der Waals surface area (Å²) in [7, 11) is 1.59. The lowest BCUT2D eigenvalue weighted by Gasteiger charge is -2.09. The zero-order valence-electron chi connectivity index (χ0n) is 13.9. The first-order valence-electron chi connectivity index (χ1n) is 7.62. The average molecular weight is 345 g/mol. The molecule has 0 saturated carbocycles. The van der Waals surface area contributed by atoms with Gasteiger partial charge in [0.2, 0.25) is 5.65 Å². The normalized spacial score (nSPS) is 12.3. The summed E-state index contributed by atoms with van der Waals surface area (Å²) in [5, 5.41) is 0. The zero-order chi connectivity index (χ0) is 17.1. The van der Waals surface area contributed by atoms with Crippen LogP contribution in [0.1, 0.15) is 13.3 Å². The number of hydrogen-bond donors (Lipinski definition) is 0. The molecule has 0 saturated heterocycles. The molecular weight excluding hydrogens is 326 g/mol. The fourth-order valence-electron chi connectivity index (χ4n) is 2.39. The van der Waals surface area contributed by atoms with Crippen LogP contribution in [0.3, 0.4) is 0 Å². The highest BCUT2D eigenvalue weighted by atomic mass is 32.2. The minimum Gasteiger partial charge on any atom is -0.612 e. The molecule has 0 aliphatic rings. The van der Waals surface area contributed by atoms with Gasteiger partial charge < -0.3 is 18.4 Å². The fourth-order valence-corrected chi connectivity index (χ4v) is 2.92. The van der Waals surface area contributed by atoms with Crippen LogP contribution in [0.4, 0.5) is 0 Å². The Labute approximate surface area is 143 Å². The van der Waals surface area contributed by atoms with Crippen molar-refractivity contribution in [3.05, 3.63) is 36.8 Å². The minimum atomic E-state index is -1.06. The summed E-state index contributed by atoms with van der Waals surface area (Å²) >= 11 is -1.06. The van der Waals surface area contributed by atoms with Gasteiger partial charge in [0.1, 0.15) is 12.0 Å². The number of methoxy groups -OCH3 is 1. The molecule has 0 aliphatic carbocycles. The highest BCUT2D eigenvalue weighted by Gasteiger charge is 2.16. The van der Waals surface area contributed by atoms with E-state index in [9.17, 15) is 4.55 Å². The second kappa shape index (κ2) is 7.11. The second-order valence-corrected chi connectivity index (χ2v) is 6.63. The molecule has 0 aliphatic heterocycles. The van der Waals surface area contributed by atoms with E-state index >= 15 is 0 Å². The third kappa shape index (κ3) is 3.18. The summed E-state index contributed by atoms with van der Waals surface area (Å²) in [5.74, 6) is 1.14.